The lowest BCUT2D eigenvalue weighted by molar-refractivity contribution is -0.145. The van der Waals surface area contributed by atoms with Crippen molar-refractivity contribution in [2.24, 2.45) is 0 Å². The Bertz CT molecular complexity index is 938. The number of benzene rings is 2. The smallest absolute Gasteiger partial charge is 0.328 e. The molecule has 2 amide bonds. The van der Waals surface area contributed by atoms with Crippen molar-refractivity contribution in [2.45, 2.75) is 25.1 Å². The molecule has 3 rings (SSSR count). The fraction of sp³-hybridized carbons (Fsp3) is 0.364. The monoisotopic (exact) mass is 432 g/mol. The van der Waals surface area contributed by atoms with Crippen molar-refractivity contribution in [1.82, 2.24) is 10.2 Å². The highest BCUT2D eigenvalue weighted by Gasteiger charge is 2.41. The van der Waals surface area contributed by atoms with E-state index in [9.17, 15) is 14.0 Å². The van der Waals surface area contributed by atoms with Crippen LogP contribution in [0.15, 0.2) is 42.5 Å². The maximum absolute atomic E-state index is 13.9. The van der Waals surface area contributed by atoms with Crippen molar-refractivity contribution < 1.29 is 32.9 Å². The third-order valence-corrected chi connectivity index (χ3v) is 5.02. The van der Waals surface area contributed by atoms with Gasteiger partial charge in [-0.3, -0.25) is 0 Å². The van der Waals surface area contributed by atoms with E-state index in [-0.39, 0.29) is 25.3 Å². The zero-order valence-corrected chi connectivity index (χ0v) is 17.6. The first-order valence-electron chi connectivity index (χ1n) is 9.71. The van der Waals surface area contributed by atoms with Crippen LogP contribution in [-0.2, 0) is 16.1 Å². The Labute approximate surface area is 179 Å². The normalized spacial score (nSPS) is 17.7. The van der Waals surface area contributed by atoms with Gasteiger partial charge < -0.3 is 29.2 Å². The van der Waals surface area contributed by atoms with E-state index in [2.05, 4.69) is 5.32 Å². The summed E-state index contributed by atoms with van der Waals surface area (Å²) in [5.74, 6) is 0.135. The largest absolute Gasteiger partial charge is 0.493 e. The van der Waals surface area contributed by atoms with Gasteiger partial charge in [0.05, 0.1) is 27.9 Å². The number of urea groups is 1. The Morgan fingerprint density at radius 3 is 2.48 bits per heavy atom. The molecule has 1 aliphatic rings. The van der Waals surface area contributed by atoms with Crippen LogP contribution in [0.3, 0.4) is 0 Å². The van der Waals surface area contributed by atoms with E-state index in [4.69, 9.17) is 18.9 Å². The van der Waals surface area contributed by atoms with E-state index >= 15 is 0 Å². The Kier molecular flexibility index (Phi) is 7.17. The number of likely N-dealkylation sites (tertiary alicyclic amines) is 1. The summed E-state index contributed by atoms with van der Waals surface area (Å²) in [5.41, 5.74) is 0.791. The van der Waals surface area contributed by atoms with Gasteiger partial charge >= 0.3 is 12.0 Å². The average molecular weight is 432 g/mol. The maximum atomic E-state index is 13.9. The lowest BCUT2D eigenvalue weighted by atomic mass is 10.2. The van der Waals surface area contributed by atoms with Gasteiger partial charge in [0.2, 0.25) is 0 Å². The molecule has 9 heteroatoms. The predicted molar refractivity (Wildman–Crippen MR) is 110 cm³/mol. The fourth-order valence-corrected chi connectivity index (χ4v) is 3.46. The molecule has 0 spiro atoms. The topological polar surface area (TPSA) is 86.3 Å². The molecule has 2 atom stereocenters. The fourth-order valence-electron chi connectivity index (χ4n) is 3.46. The van der Waals surface area contributed by atoms with Crippen LogP contribution in [0.1, 0.15) is 12.0 Å². The van der Waals surface area contributed by atoms with Crippen molar-refractivity contribution >= 4 is 12.0 Å². The first kappa shape index (κ1) is 22.2. The van der Waals surface area contributed by atoms with E-state index in [1.807, 2.05) is 0 Å². The van der Waals surface area contributed by atoms with Crippen molar-refractivity contribution in [1.29, 1.82) is 0 Å². The van der Waals surface area contributed by atoms with Crippen LogP contribution in [0.2, 0.25) is 0 Å². The molecular weight excluding hydrogens is 407 g/mol. The highest BCUT2D eigenvalue weighted by Crippen LogP contribution is 2.28. The number of amides is 2. The molecule has 2 aromatic carbocycles. The molecule has 166 valence electrons. The van der Waals surface area contributed by atoms with E-state index in [0.29, 0.717) is 11.5 Å². The Hall–Kier alpha value is -3.49. The number of methoxy groups -OCH3 is 3. The summed E-state index contributed by atoms with van der Waals surface area (Å²) < 4.78 is 34.9. The second kappa shape index (κ2) is 10.0. The molecule has 1 saturated heterocycles. The number of carbonyl (C=O) groups is 2. The molecule has 0 radical (unpaired) electrons. The zero-order valence-electron chi connectivity index (χ0n) is 17.6. The number of rotatable bonds is 7. The van der Waals surface area contributed by atoms with Gasteiger partial charge in [0.25, 0.3) is 0 Å². The molecule has 0 aromatic heterocycles. The summed E-state index contributed by atoms with van der Waals surface area (Å²) in [6.45, 7) is 0.328. The van der Waals surface area contributed by atoms with Crippen LogP contribution in [0.4, 0.5) is 9.18 Å². The summed E-state index contributed by atoms with van der Waals surface area (Å²) >= 11 is 0. The van der Waals surface area contributed by atoms with Crippen LogP contribution in [0, 0.1) is 5.82 Å². The van der Waals surface area contributed by atoms with Gasteiger partial charge in [0.1, 0.15) is 12.1 Å². The molecule has 1 aliphatic heterocycles. The van der Waals surface area contributed by atoms with Gasteiger partial charge in [0.15, 0.2) is 23.1 Å². The van der Waals surface area contributed by atoms with Gasteiger partial charge in [-0.15, -0.1) is 0 Å². The SMILES string of the molecule is COC(=O)[C@@H]1C[C@@H](Oc2ccccc2F)CN1C(=O)NCc1ccc(OC)c(OC)c1. The van der Waals surface area contributed by atoms with Crippen molar-refractivity contribution in [3.8, 4) is 17.2 Å². The molecule has 0 saturated carbocycles. The number of hydrogen-bond donors (Lipinski definition) is 1. The lowest BCUT2D eigenvalue weighted by Gasteiger charge is -2.22. The first-order chi connectivity index (χ1) is 15.0. The van der Waals surface area contributed by atoms with Gasteiger partial charge in [-0.1, -0.05) is 18.2 Å². The minimum atomic E-state index is -0.827. The van der Waals surface area contributed by atoms with Gasteiger partial charge in [-0.2, -0.15) is 0 Å². The first-order valence-corrected chi connectivity index (χ1v) is 9.71. The molecule has 8 nitrogen and oxygen atoms in total. The van der Waals surface area contributed by atoms with Gasteiger partial charge in [0, 0.05) is 13.0 Å². The average Bonchev–Trinajstić information content (AvgIpc) is 3.22. The summed E-state index contributed by atoms with van der Waals surface area (Å²) in [6, 6.07) is 10.0. The van der Waals surface area contributed by atoms with Gasteiger partial charge in [-0.05, 0) is 29.8 Å². The van der Waals surface area contributed by atoms with Crippen molar-refractivity contribution in [3.63, 3.8) is 0 Å². The summed E-state index contributed by atoms with van der Waals surface area (Å²) in [7, 11) is 4.33. The Morgan fingerprint density at radius 2 is 1.81 bits per heavy atom. The predicted octanol–water partition coefficient (Wildman–Crippen LogP) is 2.75. The second-order valence-electron chi connectivity index (χ2n) is 6.95. The Morgan fingerprint density at radius 1 is 1.06 bits per heavy atom. The lowest BCUT2D eigenvalue weighted by Crippen LogP contribution is -2.46. The second-order valence-corrected chi connectivity index (χ2v) is 6.95. The van der Waals surface area contributed by atoms with Crippen LogP contribution < -0.4 is 19.5 Å². The number of nitrogens with zero attached hydrogens (tertiary/aromatic N) is 1. The number of para-hydroxylation sites is 1. The zero-order chi connectivity index (χ0) is 22.4. The van der Waals surface area contributed by atoms with Crippen LogP contribution >= 0.6 is 0 Å². The van der Waals surface area contributed by atoms with E-state index in [1.165, 1.54) is 31.3 Å². The van der Waals surface area contributed by atoms with Gasteiger partial charge in [-0.25, -0.2) is 14.0 Å². The number of ether oxygens (including phenoxy) is 4. The number of hydrogen-bond acceptors (Lipinski definition) is 6. The summed E-state index contributed by atoms with van der Waals surface area (Å²) in [5, 5.41) is 2.79. The van der Waals surface area contributed by atoms with E-state index < -0.39 is 30.0 Å². The van der Waals surface area contributed by atoms with Crippen molar-refractivity contribution in [3.05, 3.63) is 53.8 Å². The number of carbonyl (C=O) groups excluding carboxylic acids is 2. The highest BCUT2D eigenvalue weighted by atomic mass is 19.1. The molecule has 0 aliphatic carbocycles. The molecule has 1 heterocycles. The molecule has 2 aromatic rings. The molecule has 0 bridgehead atoms. The number of esters is 1. The van der Waals surface area contributed by atoms with Crippen molar-refractivity contribution in [2.75, 3.05) is 27.9 Å². The third kappa shape index (κ3) is 5.17. The number of halogens is 1. The standard InChI is InChI=1S/C22H25FN2O6/c1-28-19-9-8-14(10-20(19)29-2)12-24-22(27)25-13-15(11-17(25)21(26)30-3)31-18-7-5-4-6-16(18)23/h4-10,15,17H,11-13H2,1-3H3,(H,24,27)/t15-,17+/m1/s1. The molecule has 1 N–H and O–H groups in total. The molecule has 1 fully saturated rings. The Balaban J connectivity index is 1.67. The molecule has 0 unspecified atom stereocenters. The van der Waals surface area contributed by atoms with Crippen LogP contribution in [-0.4, -0.2) is 56.9 Å². The van der Waals surface area contributed by atoms with E-state index in [1.54, 1.807) is 37.4 Å². The van der Waals surface area contributed by atoms with E-state index in [0.717, 1.165) is 5.56 Å². The van der Waals surface area contributed by atoms with Crippen LogP contribution in [0.5, 0.6) is 17.2 Å². The maximum Gasteiger partial charge on any atom is 0.328 e. The third-order valence-electron chi connectivity index (χ3n) is 5.02. The highest BCUT2D eigenvalue weighted by molar-refractivity contribution is 5.84. The molecule has 31 heavy (non-hydrogen) atoms. The summed E-state index contributed by atoms with van der Waals surface area (Å²) in [6.07, 6.45) is -0.349. The number of nitrogens with one attached hydrogen (secondary N) is 1. The summed E-state index contributed by atoms with van der Waals surface area (Å²) in [4.78, 5) is 26.4. The van der Waals surface area contributed by atoms with Crippen LogP contribution in [0.25, 0.3) is 0 Å². The minimum Gasteiger partial charge on any atom is -0.493 e. The quantitative estimate of drug-likeness (QED) is 0.677. The molecular formula is C22H25FN2O6. The minimum absolute atomic E-state index is 0.0729.